The Kier molecular flexibility index (Phi) is 12.3. The molecule has 178 valence electrons. The zero-order valence-corrected chi connectivity index (χ0v) is 20.8. The fraction of sp³-hybridized carbons (Fsp3) is 0.667. The molecule has 1 atom stereocenters. The molecule has 1 N–H and O–H groups in total. The number of halogens is 4. The topological polar surface area (TPSA) is 49.3 Å². The van der Waals surface area contributed by atoms with E-state index in [4.69, 9.17) is 9.47 Å². The van der Waals surface area contributed by atoms with Gasteiger partial charge in [-0.2, -0.15) is 13.2 Å². The van der Waals surface area contributed by atoms with Gasteiger partial charge in [0, 0.05) is 39.3 Å². The average molecular weight is 558 g/mol. The van der Waals surface area contributed by atoms with Crippen LogP contribution >= 0.6 is 24.0 Å². The highest BCUT2D eigenvalue weighted by molar-refractivity contribution is 14.0. The number of rotatable bonds is 10. The Morgan fingerprint density at radius 2 is 2.06 bits per heavy atom. The zero-order valence-electron chi connectivity index (χ0n) is 18.5. The Hall–Kier alpha value is -1.43. The lowest BCUT2D eigenvalue weighted by molar-refractivity contribution is -0.146. The molecule has 1 unspecified atom stereocenters. The normalized spacial score (nSPS) is 16.9. The van der Waals surface area contributed by atoms with Gasteiger partial charge in [-0.3, -0.25) is 9.89 Å². The second-order valence-electron chi connectivity index (χ2n) is 7.40. The molecule has 2 rings (SSSR count). The molecule has 0 saturated carbocycles. The maximum absolute atomic E-state index is 12.7. The molecule has 1 aliphatic rings. The number of benzene rings is 1. The van der Waals surface area contributed by atoms with Crippen molar-refractivity contribution in [3.05, 3.63) is 24.3 Å². The van der Waals surface area contributed by atoms with Gasteiger partial charge in [-0.05, 0) is 37.4 Å². The summed E-state index contributed by atoms with van der Waals surface area (Å²) in [6, 6.07) is 7.48. The first-order valence-corrected chi connectivity index (χ1v) is 10.4. The number of methoxy groups -OCH3 is 1. The largest absolute Gasteiger partial charge is 0.497 e. The molecule has 6 nitrogen and oxygen atoms in total. The molecule has 0 amide bonds. The molecule has 1 aromatic rings. The van der Waals surface area contributed by atoms with Gasteiger partial charge in [0.25, 0.3) is 0 Å². The van der Waals surface area contributed by atoms with Crippen molar-refractivity contribution in [1.82, 2.24) is 15.1 Å². The van der Waals surface area contributed by atoms with Crippen LogP contribution in [0.4, 0.5) is 13.2 Å². The summed E-state index contributed by atoms with van der Waals surface area (Å²) in [5.74, 6) is 2.52. The van der Waals surface area contributed by atoms with Gasteiger partial charge >= 0.3 is 6.18 Å². The summed E-state index contributed by atoms with van der Waals surface area (Å²) in [4.78, 5) is 7.91. The number of likely N-dealkylation sites (tertiary alicyclic amines) is 1. The highest BCUT2D eigenvalue weighted by Crippen LogP contribution is 2.21. The van der Waals surface area contributed by atoms with Gasteiger partial charge in [0.15, 0.2) is 5.96 Å². The third-order valence-electron chi connectivity index (χ3n) is 5.08. The van der Waals surface area contributed by atoms with Gasteiger partial charge < -0.3 is 19.7 Å². The van der Waals surface area contributed by atoms with Crippen LogP contribution in [0.2, 0.25) is 0 Å². The molecule has 0 aromatic heterocycles. The number of aliphatic imine (C=N–C) groups is 1. The summed E-state index contributed by atoms with van der Waals surface area (Å²) >= 11 is 0. The van der Waals surface area contributed by atoms with Crippen molar-refractivity contribution in [3.63, 3.8) is 0 Å². The van der Waals surface area contributed by atoms with Crippen LogP contribution in [0.5, 0.6) is 11.5 Å². The first kappa shape index (κ1) is 27.6. The minimum atomic E-state index is -4.15. The lowest BCUT2D eigenvalue weighted by Crippen LogP contribution is -2.42. The van der Waals surface area contributed by atoms with Gasteiger partial charge in [-0.15, -0.1) is 24.0 Å². The molecule has 0 spiro atoms. The number of hydrogen-bond acceptors (Lipinski definition) is 4. The molecule has 1 saturated heterocycles. The summed E-state index contributed by atoms with van der Waals surface area (Å²) in [5.41, 5.74) is 0. The number of guanidine groups is 1. The minimum absolute atomic E-state index is 0. The van der Waals surface area contributed by atoms with E-state index < -0.39 is 12.7 Å². The molecule has 1 aromatic carbocycles. The number of nitrogens with zero attached hydrogens (tertiary/aromatic N) is 3. The Labute approximate surface area is 200 Å². The number of nitrogens with one attached hydrogen (secondary N) is 1. The van der Waals surface area contributed by atoms with Crippen LogP contribution in [0.3, 0.4) is 0 Å². The Morgan fingerprint density at radius 3 is 2.71 bits per heavy atom. The summed E-state index contributed by atoms with van der Waals surface area (Å²) < 4.78 is 48.9. The predicted molar refractivity (Wildman–Crippen MR) is 128 cm³/mol. The van der Waals surface area contributed by atoms with Crippen molar-refractivity contribution in [2.75, 3.05) is 60.0 Å². The quantitative estimate of drug-likeness (QED) is 0.205. The van der Waals surface area contributed by atoms with Crippen molar-refractivity contribution in [1.29, 1.82) is 0 Å². The number of hydrogen-bond donors (Lipinski definition) is 1. The summed E-state index contributed by atoms with van der Waals surface area (Å²) in [5, 5.41) is 3.32. The van der Waals surface area contributed by atoms with E-state index in [1.165, 1.54) is 4.90 Å². The van der Waals surface area contributed by atoms with Gasteiger partial charge in [-0.25, -0.2) is 0 Å². The van der Waals surface area contributed by atoms with E-state index in [0.717, 1.165) is 36.8 Å². The molecule has 0 bridgehead atoms. The SMILES string of the molecule is CCN(CC1CCN(C(=NC)NCCCOc2cccc(OC)c2)C1)CC(F)(F)F.I. The average Bonchev–Trinajstić information content (AvgIpc) is 3.17. The van der Waals surface area contributed by atoms with E-state index in [2.05, 4.69) is 15.2 Å². The fourth-order valence-corrected chi connectivity index (χ4v) is 3.58. The minimum Gasteiger partial charge on any atom is -0.497 e. The Morgan fingerprint density at radius 1 is 1.32 bits per heavy atom. The molecular weight excluding hydrogens is 524 g/mol. The van der Waals surface area contributed by atoms with E-state index in [9.17, 15) is 13.2 Å². The van der Waals surface area contributed by atoms with Crippen molar-refractivity contribution in [2.45, 2.75) is 25.9 Å². The van der Waals surface area contributed by atoms with Crippen molar-refractivity contribution < 1.29 is 22.6 Å². The molecule has 10 heteroatoms. The van der Waals surface area contributed by atoms with Crippen LogP contribution in [0.1, 0.15) is 19.8 Å². The van der Waals surface area contributed by atoms with E-state index in [0.29, 0.717) is 32.8 Å². The number of alkyl halides is 3. The molecular formula is C21H34F3IN4O2. The van der Waals surface area contributed by atoms with Gasteiger partial charge in [0.1, 0.15) is 11.5 Å². The van der Waals surface area contributed by atoms with Crippen LogP contribution in [0.25, 0.3) is 0 Å². The zero-order chi connectivity index (χ0) is 22.0. The first-order valence-electron chi connectivity index (χ1n) is 10.4. The van der Waals surface area contributed by atoms with Crippen LogP contribution in [0.15, 0.2) is 29.3 Å². The maximum atomic E-state index is 12.7. The second-order valence-corrected chi connectivity index (χ2v) is 7.40. The van der Waals surface area contributed by atoms with E-state index >= 15 is 0 Å². The Bertz CT molecular complexity index is 676. The fourth-order valence-electron chi connectivity index (χ4n) is 3.58. The lowest BCUT2D eigenvalue weighted by Gasteiger charge is -2.26. The highest BCUT2D eigenvalue weighted by Gasteiger charge is 2.32. The van der Waals surface area contributed by atoms with Crippen molar-refractivity contribution in [2.24, 2.45) is 10.9 Å². The van der Waals surface area contributed by atoms with Crippen molar-refractivity contribution in [3.8, 4) is 11.5 Å². The monoisotopic (exact) mass is 558 g/mol. The Balaban J connectivity index is 0.00000480. The molecule has 1 aliphatic heterocycles. The molecule has 31 heavy (non-hydrogen) atoms. The van der Waals surface area contributed by atoms with E-state index in [-0.39, 0.29) is 29.9 Å². The summed E-state index contributed by atoms with van der Waals surface area (Å²) in [6.07, 6.45) is -2.49. The third kappa shape index (κ3) is 10.2. The third-order valence-corrected chi connectivity index (χ3v) is 5.08. The van der Waals surface area contributed by atoms with Gasteiger partial charge in [-0.1, -0.05) is 13.0 Å². The highest BCUT2D eigenvalue weighted by atomic mass is 127. The maximum Gasteiger partial charge on any atom is 0.401 e. The lowest BCUT2D eigenvalue weighted by atomic mass is 10.1. The van der Waals surface area contributed by atoms with Gasteiger partial charge in [0.2, 0.25) is 0 Å². The van der Waals surface area contributed by atoms with Crippen LogP contribution in [0, 0.1) is 5.92 Å². The van der Waals surface area contributed by atoms with E-state index in [1.54, 1.807) is 21.1 Å². The van der Waals surface area contributed by atoms with Crippen molar-refractivity contribution >= 4 is 29.9 Å². The van der Waals surface area contributed by atoms with Gasteiger partial charge in [0.05, 0.1) is 20.3 Å². The summed E-state index contributed by atoms with van der Waals surface area (Å²) in [6.45, 7) is 4.55. The second kappa shape index (κ2) is 13.9. The van der Waals surface area contributed by atoms with Crippen LogP contribution in [-0.2, 0) is 0 Å². The smallest absolute Gasteiger partial charge is 0.401 e. The molecule has 0 radical (unpaired) electrons. The molecule has 0 aliphatic carbocycles. The van der Waals surface area contributed by atoms with Crippen LogP contribution in [-0.4, -0.2) is 82.0 Å². The molecule has 1 fully saturated rings. The molecule has 1 heterocycles. The predicted octanol–water partition coefficient (Wildman–Crippen LogP) is 3.86. The van der Waals surface area contributed by atoms with E-state index in [1.807, 2.05) is 24.3 Å². The summed E-state index contributed by atoms with van der Waals surface area (Å²) in [7, 11) is 3.35. The first-order chi connectivity index (χ1) is 14.3. The van der Waals surface area contributed by atoms with Crippen LogP contribution < -0.4 is 14.8 Å². The number of ether oxygens (including phenoxy) is 2. The standard InChI is InChI=1S/C21H33F3N4O2.HI/c1-4-27(16-21(22,23)24)14-17-9-11-28(15-17)20(25-2)26-10-6-12-30-19-8-5-7-18(13-19)29-3;/h5,7-8,13,17H,4,6,9-12,14-16H2,1-3H3,(H,25,26);1H.